The molecule has 0 bridgehead atoms. The first-order valence-corrected chi connectivity index (χ1v) is 11.4. The van der Waals surface area contributed by atoms with Gasteiger partial charge in [0.2, 0.25) is 5.95 Å². The van der Waals surface area contributed by atoms with E-state index in [2.05, 4.69) is 20.4 Å². The number of aromatic nitrogens is 4. The summed E-state index contributed by atoms with van der Waals surface area (Å²) in [5.41, 5.74) is -4.24. The van der Waals surface area contributed by atoms with E-state index in [1.165, 1.54) is 6.92 Å². The van der Waals surface area contributed by atoms with Crippen LogP contribution in [0.4, 0.5) is 38.0 Å². The zero-order valence-corrected chi connectivity index (χ0v) is 19.8. The highest BCUT2D eigenvalue weighted by molar-refractivity contribution is 5.82. The Bertz CT molecular complexity index is 1190. The van der Waals surface area contributed by atoms with Gasteiger partial charge in [-0.15, -0.1) is 0 Å². The lowest BCUT2D eigenvalue weighted by Crippen LogP contribution is -2.63. The van der Waals surface area contributed by atoms with Gasteiger partial charge in [0.25, 0.3) is 11.5 Å². The number of morpholine rings is 1. The lowest BCUT2D eigenvalue weighted by molar-refractivity contribution is -0.165. The number of halogens is 6. The van der Waals surface area contributed by atoms with Gasteiger partial charge >= 0.3 is 12.4 Å². The van der Waals surface area contributed by atoms with E-state index in [9.17, 15) is 35.9 Å². The van der Waals surface area contributed by atoms with Crippen molar-refractivity contribution in [1.82, 2.24) is 25.1 Å². The molecule has 2 N–H and O–H groups in total. The highest BCUT2D eigenvalue weighted by atomic mass is 19.4. The van der Waals surface area contributed by atoms with Gasteiger partial charge in [0.05, 0.1) is 43.3 Å². The summed E-state index contributed by atoms with van der Waals surface area (Å²) in [4.78, 5) is 35.3. The maximum absolute atomic E-state index is 13.2. The van der Waals surface area contributed by atoms with Crippen LogP contribution in [0.3, 0.4) is 0 Å². The molecule has 38 heavy (non-hydrogen) atoms. The first-order chi connectivity index (χ1) is 17.8. The minimum Gasteiger partial charge on any atom is -0.378 e. The number of rotatable bonds is 7. The van der Waals surface area contributed by atoms with Crippen molar-refractivity contribution in [2.75, 3.05) is 49.7 Å². The standard InChI is InChI=1S/C21H23F6N7O4/c1-11(31-14-6-30-32-17(35)16(14)21(25,26)27)8-37-10-15-18(36)34-3-2-33(7-13(34)9-38-15)19-28-4-12(5-29-19)20(22,23)24/h4-6,11,13,15H,2-3,7-10H2,1H3,(H2,31,32,35)/t11?,13?,15-/m1/s1. The van der Waals surface area contributed by atoms with Gasteiger partial charge in [-0.3, -0.25) is 9.59 Å². The summed E-state index contributed by atoms with van der Waals surface area (Å²) < 4.78 is 88.9. The first kappa shape index (κ1) is 27.6. The van der Waals surface area contributed by atoms with E-state index in [1.807, 2.05) is 0 Å². The van der Waals surface area contributed by atoms with Gasteiger partial charge in [-0.25, -0.2) is 15.1 Å². The Balaban J connectivity index is 1.27. The number of alkyl halides is 6. The molecule has 2 saturated heterocycles. The van der Waals surface area contributed by atoms with Crippen molar-refractivity contribution >= 4 is 17.5 Å². The minimum atomic E-state index is -4.89. The molecule has 4 rings (SSSR count). The average molecular weight is 551 g/mol. The van der Waals surface area contributed by atoms with Gasteiger partial charge < -0.3 is 24.6 Å². The molecular weight excluding hydrogens is 528 g/mol. The van der Waals surface area contributed by atoms with Crippen LogP contribution in [0.5, 0.6) is 0 Å². The summed E-state index contributed by atoms with van der Waals surface area (Å²) in [6.45, 7) is 2.24. The number of nitrogens with zero attached hydrogens (tertiary/aromatic N) is 5. The average Bonchev–Trinajstić information content (AvgIpc) is 2.84. The van der Waals surface area contributed by atoms with E-state index in [0.717, 1.165) is 6.20 Å². The van der Waals surface area contributed by atoms with E-state index in [4.69, 9.17) is 9.47 Å². The first-order valence-electron chi connectivity index (χ1n) is 11.4. The SMILES string of the molecule is CC(COC[C@H]1OCC2CN(c3ncc(C(F)(F)F)cn3)CCN2C1=O)Nc1cn[nH]c(=O)c1C(F)(F)F. The zero-order chi connectivity index (χ0) is 27.7. The monoisotopic (exact) mass is 551 g/mol. The molecule has 2 aromatic rings. The number of amides is 1. The van der Waals surface area contributed by atoms with Gasteiger partial charge in [0, 0.05) is 38.1 Å². The normalized spacial score (nSPS) is 21.3. The predicted octanol–water partition coefficient (Wildman–Crippen LogP) is 1.53. The molecule has 0 aliphatic carbocycles. The molecule has 11 nitrogen and oxygen atoms in total. The fourth-order valence-corrected chi connectivity index (χ4v) is 4.15. The van der Waals surface area contributed by atoms with Crippen LogP contribution in [-0.4, -0.2) is 88.6 Å². The third-order valence-corrected chi connectivity index (χ3v) is 5.96. The van der Waals surface area contributed by atoms with E-state index in [-0.39, 0.29) is 50.8 Å². The number of aromatic amines is 1. The molecular formula is C21H23F6N7O4. The van der Waals surface area contributed by atoms with Crippen LogP contribution in [0.25, 0.3) is 0 Å². The molecule has 0 spiro atoms. The Morgan fingerprint density at radius 2 is 1.84 bits per heavy atom. The van der Waals surface area contributed by atoms with Crippen LogP contribution in [-0.2, 0) is 26.6 Å². The number of H-pyrrole nitrogens is 1. The maximum atomic E-state index is 13.2. The quantitative estimate of drug-likeness (QED) is 0.493. The van der Waals surface area contributed by atoms with Crippen LogP contribution in [0.1, 0.15) is 18.1 Å². The number of hydrogen-bond donors (Lipinski definition) is 2. The van der Waals surface area contributed by atoms with E-state index in [0.29, 0.717) is 18.9 Å². The van der Waals surface area contributed by atoms with Crippen LogP contribution in [0.15, 0.2) is 23.4 Å². The number of nitrogens with one attached hydrogen (secondary N) is 2. The Hall–Kier alpha value is -3.47. The highest BCUT2D eigenvalue weighted by Crippen LogP contribution is 2.32. The number of anilines is 2. The topological polar surface area (TPSA) is 126 Å². The summed E-state index contributed by atoms with van der Waals surface area (Å²) in [5.74, 6) is -0.227. The smallest absolute Gasteiger partial charge is 0.378 e. The summed E-state index contributed by atoms with van der Waals surface area (Å²) in [6.07, 6.45) is -8.10. The van der Waals surface area contributed by atoms with Crippen LogP contribution >= 0.6 is 0 Å². The van der Waals surface area contributed by atoms with Gasteiger partial charge in [-0.2, -0.15) is 31.4 Å². The number of hydrogen-bond acceptors (Lipinski definition) is 9. The second-order valence-corrected chi connectivity index (χ2v) is 8.79. The van der Waals surface area contributed by atoms with Crippen molar-refractivity contribution in [2.24, 2.45) is 0 Å². The van der Waals surface area contributed by atoms with Crippen LogP contribution < -0.4 is 15.8 Å². The summed E-state index contributed by atoms with van der Waals surface area (Å²) in [7, 11) is 0. The number of fused-ring (bicyclic) bond motifs is 1. The molecule has 17 heteroatoms. The van der Waals surface area contributed by atoms with Crippen molar-refractivity contribution in [3.05, 3.63) is 40.1 Å². The molecule has 0 radical (unpaired) electrons. The Morgan fingerprint density at radius 1 is 1.13 bits per heavy atom. The van der Waals surface area contributed by atoms with E-state index >= 15 is 0 Å². The summed E-state index contributed by atoms with van der Waals surface area (Å²) in [6, 6.07) is -1.04. The molecule has 0 saturated carbocycles. The van der Waals surface area contributed by atoms with Gasteiger partial charge in [0.1, 0.15) is 5.56 Å². The highest BCUT2D eigenvalue weighted by Gasteiger charge is 2.41. The molecule has 2 unspecified atom stereocenters. The number of carbonyl (C=O) groups is 1. The van der Waals surface area contributed by atoms with Gasteiger partial charge in [-0.1, -0.05) is 0 Å². The molecule has 3 atom stereocenters. The van der Waals surface area contributed by atoms with Crippen molar-refractivity contribution in [3.63, 3.8) is 0 Å². The molecule has 1 amide bonds. The van der Waals surface area contributed by atoms with Gasteiger partial charge in [0.15, 0.2) is 6.10 Å². The summed E-state index contributed by atoms with van der Waals surface area (Å²) in [5, 5.41) is 7.67. The molecule has 2 aliphatic rings. The van der Waals surface area contributed by atoms with Crippen molar-refractivity contribution < 1.29 is 40.6 Å². The number of carbonyl (C=O) groups excluding carboxylic acids is 1. The molecule has 4 heterocycles. The zero-order valence-electron chi connectivity index (χ0n) is 19.8. The largest absolute Gasteiger partial charge is 0.423 e. The molecule has 0 aromatic carbocycles. The fourth-order valence-electron chi connectivity index (χ4n) is 4.15. The van der Waals surface area contributed by atoms with Crippen molar-refractivity contribution in [2.45, 2.75) is 37.5 Å². The second kappa shape index (κ2) is 10.7. The lowest BCUT2D eigenvalue weighted by Gasteiger charge is -2.45. The fraction of sp³-hybridized carbons (Fsp3) is 0.571. The molecule has 2 aromatic heterocycles. The van der Waals surface area contributed by atoms with Crippen LogP contribution in [0, 0.1) is 0 Å². The Morgan fingerprint density at radius 3 is 2.50 bits per heavy atom. The van der Waals surface area contributed by atoms with Crippen LogP contribution in [0.2, 0.25) is 0 Å². The second-order valence-electron chi connectivity index (χ2n) is 8.79. The van der Waals surface area contributed by atoms with Gasteiger partial charge in [-0.05, 0) is 6.92 Å². The third kappa shape index (κ3) is 6.15. The van der Waals surface area contributed by atoms with E-state index in [1.54, 1.807) is 14.9 Å². The Labute approximate surface area is 211 Å². The number of piperazine rings is 1. The Kier molecular flexibility index (Phi) is 7.78. The predicted molar refractivity (Wildman–Crippen MR) is 118 cm³/mol. The molecule has 208 valence electrons. The third-order valence-electron chi connectivity index (χ3n) is 5.96. The molecule has 2 fully saturated rings. The number of ether oxygens (including phenoxy) is 2. The minimum absolute atomic E-state index is 0.0975. The van der Waals surface area contributed by atoms with Crippen molar-refractivity contribution in [3.8, 4) is 0 Å². The van der Waals surface area contributed by atoms with E-state index < -0.39 is 46.9 Å². The van der Waals surface area contributed by atoms with Crippen molar-refractivity contribution in [1.29, 1.82) is 0 Å². The molecule has 2 aliphatic heterocycles. The lowest BCUT2D eigenvalue weighted by atomic mass is 10.1. The maximum Gasteiger partial charge on any atom is 0.423 e. The summed E-state index contributed by atoms with van der Waals surface area (Å²) >= 11 is 0.